The van der Waals surface area contributed by atoms with Crippen LogP contribution in [0.1, 0.15) is 41.7 Å². The predicted molar refractivity (Wildman–Crippen MR) is 113 cm³/mol. The van der Waals surface area contributed by atoms with Crippen molar-refractivity contribution in [2.45, 2.75) is 42.4 Å². The van der Waals surface area contributed by atoms with Crippen molar-refractivity contribution in [3.63, 3.8) is 0 Å². The Hall–Kier alpha value is -2.43. The molecule has 0 bridgehead atoms. The van der Waals surface area contributed by atoms with Crippen molar-refractivity contribution >= 4 is 9.84 Å². The summed E-state index contributed by atoms with van der Waals surface area (Å²) in [5, 5.41) is 10.1. The summed E-state index contributed by atoms with van der Waals surface area (Å²) in [6, 6.07) is 25.4. The molecule has 0 heterocycles. The summed E-state index contributed by atoms with van der Waals surface area (Å²) in [4.78, 5) is 0.261. The molecule has 3 aromatic carbocycles. The molecule has 0 saturated carbocycles. The summed E-state index contributed by atoms with van der Waals surface area (Å²) in [5.74, 6) is -0.637. The van der Waals surface area contributed by atoms with Crippen LogP contribution in [0.4, 0.5) is 0 Å². The van der Waals surface area contributed by atoms with Gasteiger partial charge in [-0.1, -0.05) is 78.4 Å². The molecule has 3 aromatic rings. The molecule has 0 aromatic heterocycles. The normalized spacial score (nSPS) is 14.4. The molecule has 0 radical (unpaired) electrons. The monoisotopic (exact) mass is 394 g/mol. The van der Waals surface area contributed by atoms with E-state index in [-0.39, 0.29) is 4.90 Å². The van der Waals surface area contributed by atoms with E-state index in [0.29, 0.717) is 5.56 Å². The van der Waals surface area contributed by atoms with Gasteiger partial charge in [-0.25, -0.2) is 8.42 Å². The first-order chi connectivity index (χ1) is 13.2. The van der Waals surface area contributed by atoms with E-state index in [4.69, 9.17) is 0 Å². The Labute approximate surface area is 167 Å². The van der Waals surface area contributed by atoms with E-state index < -0.39 is 26.6 Å². The van der Waals surface area contributed by atoms with Gasteiger partial charge in [-0.05, 0) is 44.0 Å². The van der Waals surface area contributed by atoms with E-state index in [9.17, 15) is 13.5 Å². The molecule has 4 heteroatoms. The lowest BCUT2D eigenvalue weighted by atomic mass is 9.80. The topological polar surface area (TPSA) is 54.4 Å². The number of aliphatic hydroxyl groups is 1. The molecule has 146 valence electrons. The van der Waals surface area contributed by atoms with Gasteiger partial charge < -0.3 is 5.11 Å². The zero-order valence-electron chi connectivity index (χ0n) is 16.4. The van der Waals surface area contributed by atoms with Gasteiger partial charge in [0.15, 0.2) is 9.84 Å². The van der Waals surface area contributed by atoms with E-state index in [1.165, 1.54) is 0 Å². The van der Waals surface area contributed by atoms with Crippen LogP contribution in [0.3, 0.4) is 0 Å². The van der Waals surface area contributed by atoms with Crippen molar-refractivity contribution in [2.75, 3.05) is 0 Å². The molecule has 3 rings (SSSR count). The average Bonchev–Trinajstić information content (AvgIpc) is 2.66. The Morgan fingerprint density at radius 3 is 1.68 bits per heavy atom. The Bertz CT molecular complexity index is 1000. The van der Waals surface area contributed by atoms with Gasteiger partial charge in [0.25, 0.3) is 0 Å². The summed E-state index contributed by atoms with van der Waals surface area (Å²) in [6.07, 6.45) is 0. The maximum absolute atomic E-state index is 13.8. The summed E-state index contributed by atoms with van der Waals surface area (Å²) >= 11 is 0. The predicted octanol–water partition coefficient (Wildman–Crippen LogP) is 5.06. The third-order valence-electron chi connectivity index (χ3n) is 5.03. The molecular formula is C24H26O3S. The first-order valence-corrected chi connectivity index (χ1v) is 10.9. The van der Waals surface area contributed by atoms with Crippen LogP contribution >= 0.6 is 0 Å². The van der Waals surface area contributed by atoms with Gasteiger partial charge in [0.2, 0.25) is 0 Å². The molecule has 0 spiro atoms. The molecule has 2 atom stereocenters. The highest BCUT2D eigenvalue weighted by Gasteiger charge is 2.44. The largest absolute Gasteiger partial charge is 0.390 e. The highest BCUT2D eigenvalue weighted by atomic mass is 32.2. The Kier molecular flexibility index (Phi) is 5.73. The Balaban J connectivity index is 2.26. The Morgan fingerprint density at radius 1 is 0.750 bits per heavy atom. The number of hydrogen-bond donors (Lipinski definition) is 1. The van der Waals surface area contributed by atoms with Crippen molar-refractivity contribution < 1.29 is 13.5 Å². The lowest BCUT2D eigenvalue weighted by Crippen LogP contribution is -2.36. The molecule has 0 aliphatic carbocycles. The fraction of sp³-hybridized carbons (Fsp3) is 0.250. The van der Waals surface area contributed by atoms with Gasteiger partial charge in [0.1, 0.15) is 5.25 Å². The molecule has 0 saturated heterocycles. The van der Waals surface area contributed by atoms with Gasteiger partial charge in [-0.2, -0.15) is 0 Å². The van der Waals surface area contributed by atoms with Crippen LogP contribution in [-0.2, 0) is 9.84 Å². The lowest BCUT2D eigenvalue weighted by Gasteiger charge is -2.36. The highest BCUT2D eigenvalue weighted by Crippen LogP contribution is 2.46. The number of benzene rings is 3. The van der Waals surface area contributed by atoms with E-state index in [1.54, 1.807) is 38.1 Å². The summed E-state index contributed by atoms with van der Waals surface area (Å²) < 4.78 is 27.6. The molecule has 1 N–H and O–H groups in total. The summed E-state index contributed by atoms with van der Waals surface area (Å²) in [6.45, 7) is 5.27. The van der Waals surface area contributed by atoms with E-state index in [1.807, 2.05) is 67.6 Å². The van der Waals surface area contributed by atoms with Crippen molar-refractivity contribution in [2.24, 2.45) is 0 Å². The van der Waals surface area contributed by atoms with Crippen molar-refractivity contribution in [3.8, 4) is 0 Å². The molecule has 3 nitrogen and oxygen atoms in total. The number of rotatable bonds is 6. The van der Waals surface area contributed by atoms with Crippen LogP contribution in [-0.4, -0.2) is 19.1 Å². The number of aryl methyl sites for hydroxylation is 1. The van der Waals surface area contributed by atoms with E-state index in [2.05, 4.69) is 0 Å². The zero-order valence-corrected chi connectivity index (χ0v) is 17.2. The molecule has 28 heavy (non-hydrogen) atoms. The number of sulfone groups is 1. The van der Waals surface area contributed by atoms with Crippen molar-refractivity contribution in [3.05, 3.63) is 102 Å². The van der Waals surface area contributed by atoms with Crippen LogP contribution in [0.5, 0.6) is 0 Å². The fourth-order valence-corrected chi connectivity index (χ4v) is 5.85. The smallest absolute Gasteiger partial charge is 0.186 e. The van der Waals surface area contributed by atoms with Crippen LogP contribution < -0.4 is 0 Å². The van der Waals surface area contributed by atoms with Gasteiger partial charge in [0, 0.05) is 5.92 Å². The minimum atomic E-state index is -3.76. The second kappa shape index (κ2) is 7.90. The molecule has 0 aliphatic rings. The van der Waals surface area contributed by atoms with Gasteiger partial charge in [0.05, 0.1) is 10.5 Å². The standard InChI is InChI=1S/C24H26O3S/c1-18-14-16-21(17-15-18)28(26,27)23(20-12-8-5-9-13-20)22(24(2,3)25)19-10-6-4-7-11-19/h4-17,22-23,25H,1-3H3/t22-,23+/m0/s1. The first kappa shape index (κ1) is 20.3. The minimum absolute atomic E-state index is 0.261. The summed E-state index contributed by atoms with van der Waals surface area (Å²) in [7, 11) is -3.76. The van der Waals surface area contributed by atoms with Crippen LogP contribution in [0, 0.1) is 6.92 Å². The highest BCUT2D eigenvalue weighted by molar-refractivity contribution is 7.91. The second-order valence-electron chi connectivity index (χ2n) is 7.73. The lowest BCUT2D eigenvalue weighted by molar-refractivity contribution is 0.0475. The third kappa shape index (κ3) is 4.18. The van der Waals surface area contributed by atoms with Crippen molar-refractivity contribution in [1.82, 2.24) is 0 Å². The van der Waals surface area contributed by atoms with Gasteiger partial charge in [-0.3, -0.25) is 0 Å². The van der Waals surface area contributed by atoms with Crippen molar-refractivity contribution in [1.29, 1.82) is 0 Å². The third-order valence-corrected chi connectivity index (χ3v) is 7.18. The van der Waals surface area contributed by atoms with E-state index in [0.717, 1.165) is 11.1 Å². The van der Waals surface area contributed by atoms with Crippen LogP contribution in [0.2, 0.25) is 0 Å². The van der Waals surface area contributed by atoms with E-state index >= 15 is 0 Å². The molecule has 0 amide bonds. The maximum Gasteiger partial charge on any atom is 0.186 e. The van der Waals surface area contributed by atoms with Crippen LogP contribution in [0.15, 0.2) is 89.8 Å². The molecule has 0 fully saturated rings. The molecular weight excluding hydrogens is 368 g/mol. The minimum Gasteiger partial charge on any atom is -0.390 e. The Morgan fingerprint density at radius 2 is 1.21 bits per heavy atom. The van der Waals surface area contributed by atoms with Gasteiger partial charge in [-0.15, -0.1) is 0 Å². The SMILES string of the molecule is Cc1ccc(S(=O)(=O)[C@H](c2ccccc2)[C@H](c2ccccc2)C(C)(C)O)cc1. The number of hydrogen-bond acceptors (Lipinski definition) is 3. The van der Waals surface area contributed by atoms with Crippen LogP contribution in [0.25, 0.3) is 0 Å². The molecule has 0 unspecified atom stereocenters. The second-order valence-corrected chi connectivity index (χ2v) is 9.80. The average molecular weight is 395 g/mol. The first-order valence-electron chi connectivity index (χ1n) is 9.34. The zero-order chi connectivity index (χ0) is 20.4. The molecule has 0 aliphatic heterocycles. The maximum atomic E-state index is 13.8. The quantitative estimate of drug-likeness (QED) is 0.635. The van der Waals surface area contributed by atoms with Gasteiger partial charge >= 0.3 is 0 Å². The summed E-state index contributed by atoms with van der Waals surface area (Å²) in [5.41, 5.74) is 1.20. The fourth-order valence-electron chi connectivity index (χ4n) is 3.68.